The minimum atomic E-state index is -0.190. The highest BCUT2D eigenvalue weighted by Gasteiger charge is 2.19. The summed E-state index contributed by atoms with van der Waals surface area (Å²) in [6.45, 7) is 2.07. The fraction of sp³-hybridized carbons (Fsp3) is 0.176. The second kappa shape index (κ2) is 6.52. The van der Waals surface area contributed by atoms with Gasteiger partial charge in [0.15, 0.2) is 0 Å². The number of thiophene rings is 2. The molecule has 0 saturated heterocycles. The zero-order chi connectivity index (χ0) is 14.7. The molecule has 0 bridgehead atoms. The Hall–Kier alpha value is -1.49. The van der Waals surface area contributed by atoms with Crippen LogP contribution >= 0.6 is 22.7 Å². The lowest BCUT2D eigenvalue weighted by atomic mass is 10.1. The van der Waals surface area contributed by atoms with Crippen LogP contribution < -0.4 is 5.32 Å². The van der Waals surface area contributed by atoms with Crippen LogP contribution in [0.25, 0.3) is 0 Å². The predicted octanol–water partition coefficient (Wildman–Crippen LogP) is 5.39. The summed E-state index contributed by atoms with van der Waals surface area (Å²) < 4.78 is 13.4. The molecule has 0 spiro atoms. The third-order valence-corrected chi connectivity index (χ3v) is 5.30. The Morgan fingerprint density at radius 3 is 2.14 bits per heavy atom. The molecular formula is C17H16FNS2. The monoisotopic (exact) mass is 317 g/mol. The van der Waals surface area contributed by atoms with Crippen LogP contribution in [-0.2, 0) is 0 Å². The average molecular weight is 317 g/mol. The molecule has 1 aromatic carbocycles. The number of rotatable bonds is 5. The van der Waals surface area contributed by atoms with Crippen molar-refractivity contribution < 1.29 is 4.39 Å². The van der Waals surface area contributed by atoms with Gasteiger partial charge in [0, 0.05) is 15.8 Å². The first-order chi connectivity index (χ1) is 10.2. The minimum absolute atomic E-state index is 0.0786. The second-order valence-electron chi connectivity index (χ2n) is 4.91. The molecule has 108 valence electrons. The lowest BCUT2D eigenvalue weighted by Gasteiger charge is -2.22. The highest BCUT2D eigenvalue weighted by molar-refractivity contribution is 7.11. The highest BCUT2D eigenvalue weighted by Crippen LogP contribution is 2.31. The van der Waals surface area contributed by atoms with E-state index in [9.17, 15) is 4.39 Å². The molecule has 3 rings (SSSR count). The molecule has 1 unspecified atom stereocenters. The maximum atomic E-state index is 13.4. The largest absolute Gasteiger partial charge is 0.298 e. The first kappa shape index (κ1) is 14.4. The van der Waals surface area contributed by atoms with Gasteiger partial charge in [-0.1, -0.05) is 24.3 Å². The fourth-order valence-corrected chi connectivity index (χ4v) is 4.02. The Morgan fingerprint density at radius 2 is 1.62 bits per heavy atom. The standard InChI is InChI=1S/C17H16FNS2/c1-12(13-5-2-6-14(18)11-13)19-17(15-7-3-9-20-15)16-8-4-10-21-16/h2-12,17,19H,1H3. The Balaban J connectivity index is 1.85. The lowest BCUT2D eigenvalue weighted by molar-refractivity contribution is 0.522. The molecular weight excluding hydrogens is 301 g/mol. The first-order valence-electron chi connectivity index (χ1n) is 6.82. The van der Waals surface area contributed by atoms with Crippen LogP contribution in [0.3, 0.4) is 0 Å². The van der Waals surface area contributed by atoms with Crippen molar-refractivity contribution in [1.82, 2.24) is 5.32 Å². The van der Waals surface area contributed by atoms with Gasteiger partial charge in [0.2, 0.25) is 0 Å². The number of nitrogens with one attached hydrogen (secondary N) is 1. The van der Waals surface area contributed by atoms with Crippen LogP contribution in [-0.4, -0.2) is 0 Å². The summed E-state index contributed by atoms with van der Waals surface area (Å²) in [5.74, 6) is -0.190. The van der Waals surface area contributed by atoms with Crippen LogP contribution in [0.5, 0.6) is 0 Å². The van der Waals surface area contributed by atoms with Gasteiger partial charge in [0.1, 0.15) is 5.82 Å². The van der Waals surface area contributed by atoms with E-state index in [1.165, 1.54) is 15.8 Å². The van der Waals surface area contributed by atoms with Gasteiger partial charge in [0.25, 0.3) is 0 Å². The van der Waals surface area contributed by atoms with Gasteiger partial charge in [-0.2, -0.15) is 0 Å². The Labute approximate surface area is 132 Å². The Kier molecular flexibility index (Phi) is 4.48. The molecule has 0 amide bonds. The van der Waals surface area contributed by atoms with Crippen LogP contribution in [0.15, 0.2) is 59.3 Å². The molecule has 2 heterocycles. The second-order valence-corrected chi connectivity index (χ2v) is 6.87. The molecule has 0 aliphatic rings. The van der Waals surface area contributed by atoms with Gasteiger partial charge >= 0.3 is 0 Å². The smallest absolute Gasteiger partial charge is 0.123 e. The third kappa shape index (κ3) is 3.40. The Bertz CT molecular complexity index is 642. The van der Waals surface area contributed by atoms with Gasteiger partial charge in [-0.3, -0.25) is 5.32 Å². The molecule has 1 nitrogen and oxygen atoms in total. The molecule has 2 aromatic heterocycles. The van der Waals surface area contributed by atoms with E-state index in [0.29, 0.717) is 0 Å². The molecule has 0 fully saturated rings. The van der Waals surface area contributed by atoms with E-state index in [2.05, 4.69) is 47.3 Å². The van der Waals surface area contributed by atoms with E-state index in [1.54, 1.807) is 34.8 Å². The van der Waals surface area contributed by atoms with E-state index in [1.807, 2.05) is 6.07 Å². The zero-order valence-electron chi connectivity index (χ0n) is 11.6. The van der Waals surface area contributed by atoms with Crippen molar-refractivity contribution in [3.63, 3.8) is 0 Å². The molecule has 0 radical (unpaired) electrons. The van der Waals surface area contributed by atoms with Crippen molar-refractivity contribution in [2.75, 3.05) is 0 Å². The van der Waals surface area contributed by atoms with Crippen LogP contribution in [0.1, 0.15) is 34.3 Å². The molecule has 4 heteroatoms. The number of hydrogen-bond donors (Lipinski definition) is 1. The summed E-state index contributed by atoms with van der Waals surface area (Å²) in [7, 11) is 0. The average Bonchev–Trinajstić information content (AvgIpc) is 3.18. The van der Waals surface area contributed by atoms with Crippen LogP contribution in [0.2, 0.25) is 0 Å². The molecule has 1 N–H and O–H groups in total. The molecule has 21 heavy (non-hydrogen) atoms. The minimum Gasteiger partial charge on any atom is -0.298 e. The zero-order valence-corrected chi connectivity index (χ0v) is 13.3. The number of halogens is 1. The summed E-state index contributed by atoms with van der Waals surface area (Å²) >= 11 is 3.48. The van der Waals surface area contributed by atoms with Gasteiger partial charge in [0.05, 0.1) is 6.04 Å². The summed E-state index contributed by atoms with van der Waals surface area (Å²) in [4.78, 5) is 2.56. The Morgan fingerprint density at radius 1 is 0.952 bits per heavy atom. The molecule has 0 aliphatic heterocycles. The maximum absolute atomic E-state index is 13.4. The van der Waals surface area contributed by atoms with Gasteiger partial charge in [-0.15, -0.1) is 22.7 Å². The van der Waals surface area contributed by atoms with Crippen molar-refractivity contribution >= 4 is 22.7 Å². The summed E-state index contributed by atoms with van der Waals surface area (Å²) in [6.07, 6.45) is 0. The third-order valence-electron chi connectivity index (χ3n) is 3.42. The van der Waals surface area contributed by atoms with E-state index in [-0.39, 0.29) is 17.9 Å². The van der Waals surface area contributed by atoms with Crippen molar-refractivity contribution in [1.29, 1.82) is 0 Å². The van der Waals surface area contributed by atoms with Crippen molar-refractivity contribution in [2.24, 2.45) is 0 Å². The summed E-state index contributed by atoms with van der Waals surface area (Å²) in [5, 5.41) is 7.79. The van der Waals surface area contributed by atoms with Crippen molar-refractivity contribution in [3.8, 4) is 0 Å². The quantitative estimate of drug-likeness (QED) is 0.665. The predicted molar refractivity (Wildman–Crippen MR) is 88.4 cm³/mol. The van der Waals surface area contributed by atoms with Crippen LogP contribution in [0.4, 0.5) is 4.39 Å². The van der Waals surface area contributed by atoms with E-state index in [4.69, 9.17) is 0 Å². The van der Waals surface area contributed by atoms with Gasteiger partial charge in [-0.05, 0) is 47.5 Å². The summed E-state index contributed by atoms with van der Waals surface area (Å²) in [5.41, 5.74) is 0.966. The van der Waals surface area contributed by atoms with Crippen molar-refractivity contribution in [3.05, 3.63) is 80.4 Å². The lowest BCUT2D eigenvalue weighted by Crippen LogP contribution is -2.24. The topological polar surface area (TPSA) is 12.0 Å². The fourth-order valence-electron chi connectivity index (χ4n) is 2.34. The normalized spacial score (nSPS) is 12.7. The maximum Gasteiger partial charge on any atom is 0.123 e. The van der Waals surface area contributed by atoms with Gasteiger partial charge < -0.3 is 0 Å². The molecule has 0 saturated carbocycles. The highest BCUT2D eigenvalue weighted by atomic mass is 32.1. The first-order valence-corrected chi connectivity index (χ1v) is 8.58. The van der Waals surface area contributed by atoms with Gasteiger partial charge in [-0.25, -0.2) is 4.39 Å². The molecule has 1 atom stereocenters. The SMILES string of the molecule is CC(NC(c1cccs1)c1cccs1)c1cccc(F)c1. The van der Waals surface area contributed by atoms with E-state index >= 15 is 0 Å². The summed E-state index contributed by atoms with van der Waals surface area (Å²) in [6, 6.07) is 15.4. The van der Waals surface area contributed by atoms with E-state index < -0.39 is 0 Å². The molecule has 3 aromatic rings. The van der Waals surface area contributed by atoms with Crippen LogP contribution in [0, 0.1) is 5.82 Å². The number of hydrogen-bond acceptors (Lipinski definition) is 3. The number of benzene rings is 1. The van der Waals surface area contributed by atoms with Crippen molar-refractivity contribution in [2.45, 2.75) is 19.0 Å². The molecule has 0 aliphatic carbocycles. The van der Waals surface area contributed by atoms with E-state index in [0.717, 1.165) is 5.56 Å².